The average molecular weight is 369 g/mol. The molecule has 0 spiro atoms. The van der Waals surface area contributed by atoms with E-state index in [4.69, 9.17) is 0 Å². The molecule has 2 aromatic heterocycles. The second-order valence-electron chi connectivity index (χ2n) is 5.05. The van der Waals surface area contributed by atoms with Crippen LogP contribution in [0.25, 0.3) is 17.1 Å². The number of para-hydroxylation sites is 1. The maximum atomic E-state index is 12.4. The first-order valence-corrected chi connectivity index (χ1v) is 7.78. The van der Waals surface area contributed by atoms with Crippen molar-refractivity contribution in [2.75, 3.05) is 0 Å². The molecular weight excluding hydrogens is 356 g/mol. The average Bonchev–Trinajstić information content (AvgIpc) is 2.55. The lowest BCUT2D eigenvalue weighted by Gasteiger charge is -2.04. The summed E-state index contributed by atoms with van der Waals surface area (Å²) in [4.78, 5) is 21.0. The van der Waals surface area contributed by atoms with Gasteiger partial charge in [-0.1, -0.05) is 12.1 Å². The number of rotatable bonds is 3. The van der Waals surface area contributed by atoms with Crippen molar-refractivity contribution in [2.45, 2.75) is 6.92 Å². The zero-order valence-electron chi connectivity index (χ0n) is 12.3. The lowest BCUT2D eigenvalue weighted by atomic mass is 10.1. The van der Waals surface area contributed by atoms with E-state index in [9.17, 15) is 9.90 Å². The molecule has 1 N–H and O–H groups in total. The van der Waals surface area contributed by atoms with Gasteiger partial charge in [0, 0.05) is 22.7 Å². The number of ketones is 1. The number of aromatic hydroxyl groups is 1. The molecule has 0 saturated carbocycles. The van der Waals surface area contributed by atoms with Gasteiger partial charge in [-0.2, -0.15) is 0 Å². The van der Waals surface area contributed by atoms with Gasteiger partial charge in [0.1, 0.15) is 5.75 Å². The molecule has 0 saturated heterocycles. The topological polar surface area (TPSA) is 63.1 Å². The van der Waals surface area contributed by atoms with E-state index in [1.54, 1.807) is 43.5 Å². The lowest BCUT2D eigenvalue weighted by molar-refractivity contribution is 0.104. The highest BCUT2D eigenvalue weighted by Gasteiger charge is 2.10. The Morgan fingerprint density at radius 3 is 2.91 bits per heavy atom. The Morgan fingerprint density at radius 2 is 2.09 bits per heavy atom. The number of hydrogen-bond donors (Lipinski definition) is 1. The summed E-state index contributed by atoms with van der Waals surface area (Å²) in [6.07, 6.45) is 4.70. The molecular formula is C18H13BrN2O2. The molecule has 0 aliphatic rings. The molecule has 114 valence electrons. The van der Waals surface area contributed by atoms with E-state index < -0.39 is 0 Å². The molecule has 0 radical (unpaired) electrons. The minimum Gasteiger partial charge on any atom is -0.506 e. The molecule has 1 aromatic carbocycles. The summed E-state index contributed by atoms with van der Waals surface area (Å²) in [5.74, 6) is -0.0609. The summed E-state index contributed by atoms with van der Waals surface area (Å²) in [7, 11) is 0. The summed E-state index contributed by atoms with van der Waals surface area (Å²) in [6, 6.07) is 10.7. The molecule has 0 atom stereocenters. The first-order chi connectivity index (χ1) is 11.1. The first-order valence-electron chi connectivity index (χ1n) is 6.98. The smallest absolute Gasteiger partial charge is 0.187 e. The van der Waals surface area contributed by atoms with Gasteiger partial charge >= 0.3 is 0 Å². The predicted octanol–water partition coefficient (Wildman–Crippen LogP) is 4.30. The van der Waals surface area contributed by atoms with Crippen LogP contribution < -0.4 is 0 Å². The number of aryl methyl sites for hydroxylation is 1. The van der Waals surface area contributed by atoms with Crippen LogP contribution in [-0.2, 0) is 0 Å². The number of phenols is 1. The van der Waals surface area contributed by atoms with Crippen LogP contribution >= 0.6 is 15.9 Å². The first kappa shape index (κ1) is 15.4. The maximum absolute atomic E-state index is 12.4. The highest BCUT2D eigenvalue weighted by Crippen LogP contribution is 2.28. The second-order valence-corrected chi connectivity index (χ2v) is 5.90. The highest BCUT2D eigenvalue weighted by molar-refractivity contribution is 9.10. The number of halogens is 1. The third-order valence-electron chi connectivity index (χ3n) is 3.48. The number of aromatic nitrogens is 2. The molecule has 0 aliphatic carbocycles. The van der Waals surface area contributed by atoms with Crippen molar-refractivity contribution < 1.29 is 9.90 Å². The van der Waals surface area contributed by atoms with Crippen LogP contribution in [0.2, 0.25) is 0 Å². The molecule has 3 rings (SSSR count). The maximum Gasteiger partial charge on any atom is 0.187 e. The van der Waals surface area contributed by atoms with Crippen molar-refractivity contribution in [3.8, 4) is 5.75 Å². The quantitative estimate of drug-likeness (QED) is 0.552. The Hall–Kier alpha value is -2.53. The van der Waals surface area contributed by atoms with Gasteiger partial charge in [0.2, 0.25) is 0 Å². The van der Waals surface area contributed by atoms with Gasteiger partial charge in [0.05, 0.1) is 10.2 Å². The van der Waals surface area contributed by atoms with Crippen molar-refractivity contribution in [3.05, 3.63) is 70.0 Å². The fourth-order valence-corrected chi connectivity index (χ4v) is 2.65. The Labute approximate surface area is 141 Å². The Bertz CT molecular complexity index is 935. The van der Waals surface area contributed by atoms with Crippen molar-refractivity contribution in [3.63, 3.8) is 0 Å². The van der Waals surface area contributed by atoms with E-state index in [0.29, 0.717) is 26.9 Å². The van der Waals surface area contributed by atoms with E-state index in [2.05, 4.69) is 25.9 Å². The molecule has 4 nitrogen and oxygen atoms in total. The number of benzene rings is 1. The fourth-order valence-electron chi connectivity index (χ4n) is 2.27. The van der Waals surface area contributed by atoms with E-state index >= 15 is 0 Å². The summed E-state index contributed by atoms with van der Waals surface area (Å²) < 4.78 is 0.585. The molecule has 23 heavy (non-hydrogen) atoms. The summed E-state index contributed by atoms with van der Waals surface area (Å²) in [5, 5.41) is 10.8. The SMILES string of the molecule is Cc1nc2ncccc2cc1C(=O)/C=C/c1cccc(Br)c1O. The Morgan fingerprint density at radius 1 is 1.26 bits per heavy atom. The Balaban J connectivity index is 1.96. The van der Waals surface area contributed by atoms with Gasteiger partial charge in [-0.25, -0.2) is 9.97 Å². The number of fused-ring (bicyclic) bond motifs is 1. The summed E-state index contributed by atoms with van der Waals surface area (Å²) in [5.41, 5.74) is 2.34. The zero-order valence-corrected chi connectivity index (χ0v) is 13.9. The van der Waals surface area contributed by atoms with Crippen molar-refractivity contribution in [2.24, 2.45) is 0 Å². The Kier molecular flexibility index (Phi) is 4.21. The largest absolute Gasteiger partial charge is 0.506 e. The van der Waals surface area contributed by atoms with Crippen LogP contribution in [0.4, 0.5) is 0 Å². The van der Waals surface area contributed by atoms with Gasteiger partial charge in [0.25, 0.3) is 0 Å². The molecule has 5 heteroatoms. The molecule has 2 heterocycles. The normalized spacial score (nSPS) is 11.2. The van der Waals surface area contributed by atoms with Crippen LogP contribution in [0, 0.1) is 6.92 Å². The van der Waals surface area contributed by atoms with Gasteiger partial charge < -0.3 is 5.11 Å². The van der Waals surface area contributed by atoms with Crippen LogP contribution in [0.5, 0.6) is 5.75 Å². The fraction of sp³-hybridized carbons (Fsp3) is 0.0556. The molecule has 0 unspecified atom stereocenters. The molecule has 0 bridgehead atoms. The van der Waals surface area contributed by atoms with Gasteiger partial charge in [-0.05, 0) is 59.3 Å². The monoisotopic (exact) mass is 368 g/mol. The number of hydrogen-bond acceptors (Lipinski definition) is 4. The van der Waals surface area contributed by atoms with E-state index in [0.717, 1.165) is 5.39 Å². The van der Waals surface area contributed by atoms with Crippen LogP contribution in [0.1, 0.15) is 21.6 Å². The summed E-state index contributed by atoms with van der Waals surface area (Å²) >= 11 is 3.25. The van der Waals surface area contributed by atoms with Crippen molar-refractivity contribution in [1.82, 2.24) is 9.97 Å². The number of phenolic OH excluding ortho intramolecular Hbond substituents is 1. The molecule has 0 aliphatic heterocycles. The zero-order chi connectivity index (χ0) is 16.4. The third kappa shape index (κ3) is 3.14. The molecule has 0 amide bonds. The highest BCUT2D eigenvalue weighted by atomic mass is 79.9. The van der Waals surface area contributed by atoms with Crippen molar-refractivity contribution in [1.29, 1.82) is 0 Å². The summed E-state index contributed by atoms with van der Waals surface area (Å²) in [6.45, 7) is 1.78. The number of carbonyl (C=O) groups is 1. The standard InChI is InChI=1S/C18H13BrN2O2/c1-11-14(10-13-5-3-9-20-18(13)21-11)16(22)8-7-12-4-2-6-15(19)17(12)23/h2-10,23H,1H3/b8-7+. The van der Waals surface area contributed by atoms with Gasteiger partial charge in [0.15, 0.2) is 11.4 Å². The third-order valence-corrected chi connectivity index (χ3v) is 4.12. The molecule has 3 aromatic rings. The number of carbonyl (C=O) groups excluding carboxylic acids is 1. The van der Waals surface area contributed by atoms with Crippen LogP contribution in [0.3, 0.4) is 0 Å². The minimum absolute atomic E-state index is 0.106. The number of allylic oxidation sites excluding steroid dienone is 1. The van der Waals surface area contributed by atoms with Crippen LogP contribution in [0.15, 0.2) is 53.1 Å². The number of nitrogens with zero attached hydrogens (tertiary/aromatic N) is 2. The van der Waals surface area contributed by atoms with Crippen molar-refractivity contribution >= 4 is 38.8 Å². The van der Waals surface area contributed by atoms with Gasteiger partial charge in [-0.3, -0.25) is 4.79 Å². The van der Waals surface area contributed by atoms with Gasteiger partial charge in [-0.15, -0.1) is 0 Å². The second kappa shape index (κ2) is 6.30. The van der Waals surface area contributed by atoms with E-state index in [-0.39, 0.29) is 11.5 Å². The molecule has 0 fully saturated rings. The predicted molar refractivity (Wildman–Crippen MR) is 93.4 cm³/mol. The lowest BCUT2D eigenvalue weighted by Crippen LogP contribution is -2.01. The van der Waals surface area contributed by atoms with E-state index in [1.807, 2.05) is 12.1 Å². The van der Waals surface area contributed by atoms with Crippen LogP contribution in [-0.4, -0.2) is 20.9 Å². The van der Waals surface area contributed by atoms with E-state index in [1.165, 1.54) is 6.08 Å². The minimum atomic E-state index is -0.167. The number of pyridine rings is 2.